The highest BCUT2D eigenvalue weighted by atomic mass is 16.4. The van der Waals surface area contributed by atoms with Crippen LogP contribution in [0.2, 0.25) is 0 Å². The molecule has 2 aromatic rings. The minimum atomic E-state index is -1.09. The number of carboxylic acids is 1. The van der Waals surface area contributed by atoms with Crippen molar-refractivity contribution in [2.24, 2.45) is 0 Å². The first-order chi connectivity index (χ1) is 6.74. The number of pyridine rings is 1. The van der Waals surface area contributed by atoms with Gasteiger partial charge >= 0.3 is 5.97 Å². The first-order valence-corrected chi connectivity index (χ1v) is 3.87. The lowest BCUT2D eigenvalue weighted by Gasteiger charge is -1.96. The van der Waals surface area contributed by atoms with Crippen molar-refractivity contribution in [1.82, 2.24) is 9.97 Å². The molecular weight excluding hydrogens is 184 g/mol. The summed E-state index contributed by atoms with van der Waals surface area (Å²) in [6.07, 6.45) is 4.79. The lowest BCUT2D eigenvalue weighted by atomic mass is 10.1. The highest BCUT2D eigenvalue weighted by Crippen LogP contribution is 2.19. The molecule has 2 aromatic heterocycles. The van der Waals surface area contributed by atoms with E-state index in [4.69, 9.17) is 5.11 Å². The second-order valence-corrected chi connectivity index (χ2v) is 2.78. The number of aromatic amines is 1. The fourth-order valence-corrected chi connectivity index (χ4v) is 1.36. The minimum Gasteiger partial charge on any atom is -0.478 e. The monoisotopic (exact) mass is 190 g/mol. The maximum atomic E-state index is 10.8. The van der Waals surface area contributed by atoms with E-state index in [1.54, 1.807) is 0 Å². The summed E-state index contributed by atoms with van der Waals surface area (Å²) in [5.41, 5.74) is 0.914. The maximum Gasteiger partial charge on any atom is 0.337 e. The van der Waals surface area contributed by atoms with Gasteiger partial charge in [-0.1, -0.05) is 0 Å². The number of hydrogen-bond donors (Lipinski definition) is 2. The Hall–Kier alpha value is -2.17. The number of hydrogen-bond acceptors (Lipinski definition) is 3. The van der Waals surface area contributed by atoms with Gasteiger partial charge in [0.25, 0.3) is 0 Å². The van der Waals surface area contributed by atoms with Crippen LogP contribution in [0.4, 0.5) is 0 Å². The van der Waals surface area contributed by atoms with Crippen molar-refractivity contribution in [3.05, 3.63) is 29.7 Å². The summed E-state index contributed by atoms with van der Waals surface area (Å²) in [5.74, 6) is -1.09. The number of nitrogens with one attached hydrogen (secondary N) is 1. The van der Waals surface area contributed by atoms with Crippen LogP contribution in [0.1, 0.15) is 20.7 Å². The first-order valence-electron chi connectivity index (χ1n) is 3.87. The zero-order chi connectivity index (χ0) is 10.1. The topological polar surface area (TPSA) is 83.0 Å². The summed E-state index contributed by atoms with van der Waals surface area (Å²) in [6.45, 7) is 0. The summed E-state index contributed by atoms with van der Waals surface area (Å²) in [4.78, 5) is 28.0. The Balaban J connectivity index is 2.88. The molecule has 2 N–H and O–H groups in total. The van der Waals surface area contributed by atoms with Crippen LogP contribution >= 0.6 is 0 Å². The molecule has 0 unspecified atom stereocenters. The molecule has 2 heterocycles. The number of rotatable bonds is 2. The van der Waals surface area contributed by atoms with E-state index in [1.807, 2.05) is 0 Å². The van der Waals surface area contributed by atoms with Gasteiger partial charge in [-0.25, -0.2) is 4.79 Å². The number of aromatic nitrogens is 2. The van der Waals surface area contributed by atoms with Crippen LogP contribution in [0.3, 0.4) is 0 Å². The number of aromatic carboxylic acids is 1. The van der Waals surface area contributed by atoms with Crippen molar-refractivity contribution >= 4 is 23.2 Å². The number of carboxylic acid groups (broad SMARTS) is 1. The van der Waals surface area contributed by atoms with Crippen molar-refractivity contribution in [3.63, 3.8) is 0 Å². The average molecular weight is 190 g/mol. The van der Waals surface area contributed by atoms with Gasteiger partial charge < -0.3 is 10.1 Å². The predicted molar refractivity (Wildman–Crippen MR) is 48.4 cm³/mol. The molecule has 2 rings (SSSR count). The van der Waals surface area contributed by atoms with Gasteiger partial charge in [-0.2, -0.15) is 0 Å². The Kier molecular flexibility index (Phi) is 1.78. The predicted octanol–water partition coefficient (Wildman–Crippen LogP) is 1.07. The third-order valence-electron chi connectivity index (χ3n) is 1.98. The van der Waals surface area contributed by atoms with Gasteiger partial charge in [0.05, 0.1) is 17.3 Å². The van der Waals surface area contributed by atoms with Crippen LogP contribution in [-0.4, -0.2) is 27.3 Å². The summed E-state index contributed by atoms with van der Waals surface area (Å²) in [7, 11) is 0. The van der Waals surface area contributed by atoms with Crippen LogP contribution < -0.4 is 0 Å². The fourth-order valence-electron chi connectivity index (χ4n) is 1.36. The van der Waals surface area contributed by atoms with Gasteiger partial charge in [-0.3, -0.25) is 9.78 Å². The number of H-pyrrole nitrogens is 1. The number of carbonyl (C=O) groups is 2. The molecule has 0 saturated carbocycles. The molecule has 14 heavy (non-hydrogen) atoms. The second kappa shape index (κ2) is 2.95. The van der Waals surface area contributed by atoms with Gasteiger partial charge in [0.15, 0.2) is 6.29 Å². The summed E-state index contributed by atoms with van der Waals surface area (Å²) < 4.78 is 0. The van der Waals surface area contributed by atoms with E-state index in [-0.39, 0.29) is 5.56 Å². The molecule has 70 valence electrons. The number of aldehydes is 1. The molecule has 0 spiro atoms. The Morgan fingerprint density at radius 1 is 1.50 bits per heavy atom. The molecule has 0 aliphatic rings. The van der Waals surface area contributed by atoms with Crippen molar-refractivity contribution < 1.29 is 14.7 Å². The summed E-state index contributed by atoms with van der Waals surface area (Å²) in [6, 6.07) is 0. The molecule has 0 saturated heterocycles. The number of nitrogens with zero attached hydrogens (tertiary/aromatic N) is 1. The molecule has 5 nitrogen and oxygen atoms in total. The zero-order valence-electron chi connectivity index (χ0n) is 7.02. The highest BCUT2D eigenvalue weighted by molar-refractivity contribution is 6.08. The molecule has 5 heteroatoms. The Labute approximate surface area is 78.4 Å². The van der Waals surface area contributed by atoms with Gasteiger partial charge in [-0.05, 0) is 0 Å². The van der Waals surface area contributed by atoms with Gasteiger partial charge in [-0.15, -0.1) is 0 Å². The van der Waals surface area contributed by atoms with Crippen LogP contribution in [0.25, 0.3) is 10.9 Å². The largest absolute Gasteiger partial charge is 0.478 e. The molecule has 0 aromatic carbocycles. The standard InChI is InChI=1S/C9H6N2O3/c12-4-5-1-11-7-3-10-2-6(8(5)7)9(13)14/h1-4,11H,(H,13,14). The Morgan fingerprint density at radius 2 is 2.29 bits per heavy atom. The number of carbonyl (C=O) groups excluding carboxylic acids is 1. The molecule has 0 aliphatic carbocycles. The lowest BCUT2D eigenvalue weighted by molar-refractivity contribution is 0.0698. The van der Waals surface area contributed by atoms with E-state index in [1.165, 1.54) is 18.6 Å². The zero-order valence-corrected chi connectivity index (χ0v) is 7.02. The van der Waals surface area contributed by atoms with Crippen molar-refractivity contribution in [1.29, 1.82) is 0 Å². The molecular formula is C9H6N2O3. The fraction of sp³-hybridized carbons (Fsp3) is 0. The summed E-state index contributed by atoms with van der Waals surface area (Å²) >= 11 is 0. The van der Waals surface area contributed by atoms with Gasteiger partial charge in [0, 0.05) is 23.3 Å². The van der Waals surface area contributed by atoms with E-state index in [9.17, 15) is 9.59 Å². The van der Waals surface area contributed by atoms with E-state index >= 15 is 0 Å². The SMILES string of the molecule is O=Cc1c[nH]c2cncc(C(=O)O)c12. The molecule has 0 aliphatic heterocycles. The van der Waals surface area contributed by atoms with Crippen LogP contribution in [0.5, 0.6) is 0 Å². The van der Waals surface area contributed by atoms with Gasteiger partial charge in [0.2, 0.25) is 0 Å². The Morgan fingerprint density at radius 3 is 2.93 bits per heavy atom. The van der Waals surface area contributed by atoms with Gasteiger partial charge in [0.1, 0.15) is 0 Å². The van der Waals surface area contributed by atoms with Crippen LogP contribution in [0, 0.1) is 0 Å². The van der Waals surface area contributed by atoms with E-state index in [2.05, 4.69) is 9.97 Å². The molecule has 0 atom stereocenters. The van der Waals surface area contributed by atoms with Crippen molar-refractivity contribution in [2.75, 3.05) is 0 Å². The minimum absolute atomic E-state index is 0.0332. The average Bonchev–Trinajstić information content (AvgIpc) is 2.59. The van der Waals surface area contributed by atoms with Crippen LogP contribution in [0.15, 0.2) is 18.6 Å². The van der Waals surface area contributed by atoms with Crippen molar-refractivity contribution in [2.45, 2.75) is 0 Å². The van der Waals surface area contributed by atoms with E-state index in [0.717, 1.165) is 0 Å². The maximum absolute atomic E-state index is 10.8. The van der Waals surface area contributed by atoms with E-state index in [0.29, 0.717) is 22.8 Å². The molecule has 0 amide bonds. The quantitative estimate of drug-likeness (QED) is 0.694. The third kappa shape index (κ3) is 1.06. The van der Waals surface area contributed by atoms with Crippen LogP contribution in [-0.2, 0) is 0 Å². The molecule has 0 radical (unpaired) electrons. The van der Waals surface area contributed by atoms with Crippen molar-refractivity contribution in [3.8, 4) is 0 Å². The van der Waals surface area contributed by atoms with E-state index < -0.39 is 5.97 Å². The third-order valence-corrected chi connectivity index (χ3v) is 1.98. The Bertz CT molecular complexity index is 516. The first kappa shape index (κ1) is 8.43. The smallest absolute Gasteiger partial charge is 0.337 e. The normalized spacial score (nSPS) is 10.3. The highest BCUT2D eigenvalue weighted by Gasteiger charge is 2.13. The molecule has 0 fully saturated rings. The second-order valence-electron chi connectivity index (χ2n) is 2.78. The lowest BCUT2D eigenvalue weighted by Crippen LogP contribution is -1.98. The molecule has 0 bridgehead atoms. The number of fused-ring (bicyclic) bond motifs is 1. The summed E-state index contributed by atoms with van der Waals surface area (Å²) in [5, 5.41) is 9.26.